The first-order chi connectivity index (χ1) is 11.1. The molecule has 2 aliphatic heterocycles. The van der Waals surface area contributed by atoms with Gasteiger partial charge < -0.3 is 9.47 Å². The number of carbonyl (C=O) groups is 2. The third kappa shape index (κ3) is 2.24. The van der Waals surface area contributed by atoms with E-state index in [1.165, 1.54) is 11.0 Å². The number of carbonyl (C=O) groups excluding carboxylic acids is 2. The highest BCUT2D eigenvalue weighted by atomic mass is 79.9. The monoisotopic (exact) mass is 376 g/mol. The average molecular weight is 377 g/mol. The molecule has 1 aromatic heterocycles. The van der Waals surface area contributed by atoms with Crippen LogP contribution >= 0.6 is 15.9 Å². The van der Waals surface area contributed by atoms with Crippen LogP contribution in [0.25, 0.3) is 0 Å². The Bertz CT molecular complexity index is 830. The van der Waals surface area contributed by atoms with Gasteiger partial charge in [0, 0.05) is 23.6 Å². The second-order valence-corrected chi connectivity index (χ2v) is 6.83. The molecule has 4 nitrogen and oxygen atoms in total. The van der Waals surface area contributed by atoms with Crippen LogP contribution in [0.5, 0.6) is 0 Å². The Kier molecular flexibility index (Phi) is 3.37. The fourth-order valence-electron chi connectivity index (χ4n) is 3.54. The number of hydrogen-bond acceptors (Lipinski definition) is 2. The van der Waals surface area contributed by atoms with Crippen LogP contribution in [0.15, 0.2) is 34.9 Å². The first-order valence-corrected chi connectivity index (χ1v) is 8.35. The molecule has 0 saturated heterocycles. The maximum Gasteiger partial charge on any atom is 0.250 e. The number of amides is 1. The first kappa shape index (κ1) is 14.6. The number of aromatic nitrogens is 1. The summed E-state index contributed by atoms with van der Waals surface area (Å²) in [6.45, 7) is 0.475. The van der Waals surface area contributed by atoms with Crippen molar-refractivity contribution in [2.45, 2.75) is 25.3 Å². The molecule has 0 fully saturated rings. The molecule has 0 N–H and O–H groups in total. The number of halogens is 2. The van der Waals surface area contributed by atoms with Gasteiger partial charge in [0.25, 0.3) is 0 Å². The molecule has 4 rings (SSSR count). The fraction of sp³-hybridized carbons (Fsp3) is 0.294. The highest BCUT2D eigenvalue weighted by Gasteiger charge is 2.36. The van der Waals surface area contributed by atoms with Crippen molar-refractivity contribution in [3.8, 4) is 0 Å². The van der Waals surface area contributed by atoms with Gasteiger partial charge in [0.15, 0.2) is 5.78 Å². The molecule has 1 aromatic carbocycles. The molecule has 23 heavy (non-hydrogen) atoms. The van der Waals surface area contributed by atoms with E-state index in [4.69, 9.17) is 0 Å². The second-order valence-electron chi connectivity index (χ2n) is 5.91. The predicted octanol–water partition coefficient (Wildman–Crippen LogP) is 3.50. The van der Waals surface area contributed by atoms with Crippen molar-refractivity contribution in [3.63, 3.8) is 0 Å². The Morgan fingerprint density at radius 2 is 2.13 bits per heavy atom. The van der Waals surface area contributed by atoms with E-state index in [9.17, 15) is 14.0 Å². The lowest BCUT2D eigenvalue weighted by molar-refractivity contribution is -0.122. The van der Waals surface area contributed by atoms with E-state index in [2.05, 4.69) is 15.9 Å². The maximum absolute atomic E-state index is 14.3. The third-order valence-electron chi connectivity index (χ3n) is 4.58. The van der Waals surface area contributed by atoms with E-state index in [0.29, 0.717) is 41.7 Å². The van der Waals surface area contributed by atoms with Gasteiger partial charge in [0.1, 0.15) is 11.9 Å². The highest BCUT2D eigenvalue weighted by molar-refractivity contribution is 9.10. The minimum atomic E-state index is -0.438. The average Bonchev–Trinajstić information content (AvgIpc) is 3.14. The third-order valence-corrected chi connectivity index (χ3v) is 5.04. The van der Waals surface area contributed by atoms with E-state index >= 15 is 0 Å². The molecular formula is C17H14BrFN2O2. The minimum absolute atomic E-state index is 0.0518. The number of anilines is 1. The standard InChI is InChI=1S/C17H14BrFN2O2/c18-11-8-10-5-7-21(16(10)12(19)9-11)17(23)14-3-4-15(22)13-2-1-6-20(13)14/h1-2,6,8-9,14H,3-5,7H2. The topological polar surface area (TPSA) is 42.3 Å². The molecule has 0 spiro atoms. The van der Waals surface area contributed by atoms with Gasteiger partial charge in [-0.05, 0) is 42.7 Å². The van der Waals surface area contributed by atoms with Gasteiger partial charge in [-0.15, -0.1) is 0 Å². The summed E-state index contributed by atoms with van der Waals surface area (Å²) in [4.78, 5) is 26.4. The van der Waals surface area contributed by atoms with E-state index in [1.807, 2.05) is 6.07 Å². The number of fused-ring (bicyclic) bond motifs is 2. The summed E-state index contributed by atoms with van der Waals surface area (Å²) in [5.74, 6) is -0.481. The summed E-state index contributed by atoms with van der Waals surface area (Å²) in [6, 6.07) is 6.31. The lowest BCUT2D eigenvalue weighted by Crippen LogP contribution is -2.39. The van der Waals surface area contributed by atoms with Crippen LogP contribution in [0.1, 0.15) is 34.9 Å². The van der Waals surface area contributed by atoms with Gasteiger partial charge in [-0.3, -0.25) is 9.59 Å². The van der Waals surface area contributed by atoms with Crippen LogP contribution in [-0.2, 0) is 11.2 Å². The number of rotatable bonds is 1. The van der Waals surface area contributed by atoms with Gasteiger partial charge in [0.05, 0.1) is 11.4 Å². The van der Waals surface area contributed by atoms with Crippen molar-refractivity contribution in [3.05, 3.63) is 52.0 Å². The molecule has 0 saturated carbocycles. The summed E-state index contributed by atoms with van der Waals surface area (Å²) in [6.07, 6.45) is 3.21. The lowest BCUT2D eigenvalue weighted by Gasteiger charge is -2.29. The van der Waals surface area contributed by atoms with Gasteiger partial charge in [-0.2, -0.15) is 0 Å². The fourth-order valence-corrected chi connectivity index (χ4v) is 4.01. The quantitative estimate of drug-likeness (QED) is 0.764. The van der Waals surface area contributed by atoms with Crippen molar-refractivity contribution in [2.24, 2.45) is 0 Å². The van der Waals surface area contributed by atoms with Crippen molar-refractivity contribution < 1.29 is 14.0 Å². The molecule has 0 radical (unpaired) electrons. The molecule has 1 unspecified atom stereocenters. The first-order valence-electron chi connectivity index (χ1n) is 7.55. The van der Waals surface area contributed by atoms with Crippen LogP contribution < -0.4 is 4.90 Å². The van der Waals surface area contributed by atoms with Gasteiger partial charge in [-0.1, -0.05) is 15.9 Å². The number of hydrogen-bond donors (Lipinski definition) is 0. The molecule has 1 amide bonds. The molecule has 2 aromatic rings. The Balaban J connectivity index is 1.71. The van der Waals surface area contributed by atoms with E-state index < -0.39 is 6.04 Å². The largest absolute Gasteiger partial charge is 0.333 e. The predicted molar refractivity (Wildman–Crippen MR) is 87.2 cm³/mol. The van der Waals surface area contributed by atoms with Crippen LogP contribution in [0, 0.1) is 5.82 Å². The zero-order chi connectivity index (χ0) is 16.1. The van der Waals surface area contributed by atoms with E-state index in [-0.39, 0.29) is 17.5 Å². The normalized spacial score (nSPS) is 19.7. The van der Waals surface area contributed by atoms with Gasteiger partial charge in [-0.25, -0.2) is 4.39 Å². The van der Waals surface area contributed by atoms with Crippen LogP contribution in [0.2, 0.25) is 0 Å². The molecule has 2 aliphatic rings. The summed E-state index contributed by atoms with van der Waals surface area (Å²) in [5.41, 5.74) is 1.78. The summed E-state index contributed by atoms with van der Waals surface area (Å²) in [5, 5.41) is 0. The molecule has 0 aliphatic carbocycles. The maximum atomic E-state index is 14.3. The SMILES string of the molecule is O=C1CCC(C(=O)N2CCc3cc(Br)cc(F)c32)n2cccc21. The van der Waals surface area contributed by atoms with Crippen molar-refractivity contribution in [2.75, 3.05) is 11.4 Å². The highest BCUT2D eigenvalue weighted by Crippen LogP contribution is 2.36. The molecule has 118 valence electrons. The number of benzene rings is 1. The van der Waals surface area contributed by atoms with Crippen molar-refractivity contribution in [1.82, 2.24) is 4.57 Å². The zero-order valence-electron chi connectivity index (χ0n) is 12.3. The summed E-state index contributed by atoms with van der Waals surface area (Å²) < 4.78 is 16.7. The smallest absolute Gasteiger partial charge is 0.250 e. The van der Waals surface area contributed by atoms with Crippen LogP contribution in [-0.4, -0.2) is 22.8 Å². The molecule has 3 heterocycles. The molecule has 1 atom stereocenters. The Morgan fingerprint density at radius 3 is 2.96 bits per heavy atom. The zero-order valence-corrected chi connectivity index (χ0v) is 13.8. The molecule has 0 bridgehead atoms. The number of nitrogens with zero attached hydrogens (tertiary/aromatic N) is 2. The Hall–Kier alpha value is -1.95. The van der Waals surface area contributed by atoms with Crippen molar-refractivity contribution in [1.29, 1.82) is 0 Å². The molecule has 6 heteroatoms. The second kappa shape index (κ2) is 5.30. The minimum Gasteiger partial charge on any atom is -0.333 e. The van der Waals surface area contributed by atoms with Gasteiger partial charge >= 0.3 is 0 Å². The lowest BCUT2D eigenvalue weighted by atomic mass is 10.0. The summed E-state index contributed by atoms with van der Waals surface area (Å²) in [7, 11) is 0. The van der Waals surface area contributed by atoms with Gasteiger partial charge in [0.2, 0.25) is 5.91 Å². The van der Waals surface area contributed by atoms with E-state index in [0.717, 1.165) is 5.56 Å². The van der Waals surface area contributed by atoms with E-state index in [1.54, 1.807) is 22.9 Å². The number of Topliss-reactive ketones (excluding diaryl/α,β-unsaturated/α-hetero) is 1. The number of ketones is 1. The van der Waals surface area contributed by atoms with Crippen LogP contribution in [0.3, 0.4) is 0 Å². The Morgan fingerprint density at radius 1 is 1.30 bits per heavy atom. The summed E-state index contributed by atoms with van der Waals surface area (Å²) >= 11 is 3.29. The Labute approximate surface area is 141 Å². The van der Waals surface area contributed by atoms with Crippen molar-refractivity contribution >= 4 is 33.3 Å². The molecular weight excluding hydrogens is 363 g/mol. The van der Waals surface area contributed by atoms with Crippen LogP contribution in [0.4, 0.5) is 10.1 Å².